The van der Waals surface area contributed by atoms with Crippen molar-refractivity contribution in [3.63, 3.8) is 0 Å². The van der Waals surface area contributed by atoms with Crippen LogP contribution in [0.2, 0.25) is 0 Å². The molecule has 2 nitrogen and oxygen atoms in total. The molecule has 0 aliphatic heterocycles. The van der Waals surface area contributed by atoms with Crippen LogP contribution in [0.4, 0.5) is 4.39 Å². The molecule has 1 aliphatic rings. The van der Waals surface area contributed by atoms with E-state index in [2.05, 4.69) is 5.32 Å². The van der Waals surface area contributed by atoms with E-state index in [1.165, 1.54) is 12.1 Å². The van der Waals surface area contributed by atoms with Crippen molar-refractivity contribution in [2.24, 2.45) is 5.41 Å². The smallest absolute Gasteiger partial charge is 0.225 e. The van der Waals surface area contributed by atoms with Gasteiger partial charge in [-0.3, -0.25) is 4.79 Å². The van der Waals surface area contributed by atoms with Gasteiger partial charge in [0.15, 0.2) is 0 Å². The minimum absolute atomic E-state index is 0.164. The lowest BCUT2D eigenvalue weighted by Crippen LogP contribution is -2.38. The summed E-state index contributed by atoms with van der Waals surface area (Å²) in [6.07, 6.45) is 5.05. The lowest BCUT2D eigenvalue weighted by atomic mass is 9.88. The first-order valence-electron chi connectivity index (χ1n) is 6.63. The molecule has 0 heterocycles. The van der Waals surface area contributed by atoms with Gasteiger partial charge in [0.25, 0.3) is 0 Å². The van der Waals surface area contributed by atoms with E-state index in [0.29, 0.717) is 6.54 Å². The highest BCUT2D eigenvalue weighted by molar-refractivity contribution is 5.82. The minimum Gasteiger partial charge on any atom is -0.355 e. The minimum atomic E-state index is -0.221. The SMILES string of the molecule is CC1(C(=O)NCCc2ccc(F)cc2)CCCC1. The Morgan fingerprint density at radius 2 is 1.89 bits per heavy atom. The first kappa shape index (κ1) is 13.1. The predicted molar refractivity (Wildman–Crippen MR) is 69.7 cm³/mol. The molecule has 1 amide bonds. The molecule has 0 unspecified atom stereocenters. The molecule has 98 valence electrons. The second kappa shape index (κ2) is 5.51. The number of carbonyl (C=O) groups is 1. The summed E-state index contributed by atoms with van der Waals surface area (Å²) in [5.74, 6) is -0.0524. The molecule has 1 N–H and O–H groups in total. The van der Waals surface area contributed by atoms with E-state index in [1.54, 1.807) is 12.1 Å². The largest absolute Gasteiger partial charge is 0.355 e. The van der Waals surface area contributed by atoms with Crippen molar-refractivity contribution in [2.75, 3.05) is 6.54 Å². The standard InChI is InChI=1S/C15H20FNO/c1-15(9-2-3-10-15)14(18)17-11-8-12-4-6-13(16)7-5-12/h4-7H,2-3,8-11H2,1H3,(H,17,18). The first-order chi connectivity index (χ1) is 8.60. The number of amides is 1. The molecule has 0 aromatic heterocycles. The van der Waals surface area contributed by atoms with Gasteiger partial charge in [0.2, 0.25) is 5.91 Å². The lowest BCUT2D eigenvalue weighted by Gasteiger charge is -2.22. The zero-order valence-electron chi connectivity index (χ0n) is 10.8. The number of carbonyl (C=O) groups excluding carboxylic acids is 1. The molecule has 1 aromatic rings. The first-order valence-corrected chi connectivity index (χ1v) is 6.63. The maximum atomic E-state index is 12.7. The van der Waals surface area contributed by atoms with Crippen LogP contribution in [0.3, 0.4) is 0 Å². The van der Waals surface area contributed by atoms with Crippen molar-refractivity contribution in [1.29, 1.82) is 0 Å². The van der Waals surface area contributed by atoms with Crippen LogP contribution in [0.5, 0.6) is 0 Å². The molecule has 2 rings (SSSR count). The van der Waals surface area contributed by atoms with Gasteiger partial charge >= 0.3 is 0 Å². The summed E-state index contributed by atoms with van der Waals surface area (Å²) in [6.45, 7) is 2.67. The zero-order valence-corrected chi connectivity index (χ0v) is 10.8. The number of nitrogens with one attached hydrogen (secondary N) is 1. The molecular weight excluding hydrogens is 229 g/mol. The summed E-state index contributed by atoms with van der Waals surface area (Å²) >= 11 is 0. The van der Waals surface area contributed by atoms with Gasteiger partial charge in [0.1, 0.15) is 5.82 Å². The molecule has 0 radical (unpaired) electrons. The van der Waals surface area contributed by atoms with Crippen LogP contribution in [-0.2, 0) is 11.2 Å². The molecule has 1 aromatic carbocycles. The molecule has 0 saturated heterocycles. The van der Waals surface area contributed by atoms with Crippen LogP contribution < -0.4 is 5.32 Å². The average Bonchev–Trinajstić information content (AvgIpc) is 2.80. The van der Waals surface area contributed by atoms with E-state index < -0.39 is 0 Å². The van der Waals surface area contributed by atoms with Crippen LogP contribution in [0, 0.1) is 11.2 Å². The molecule has 3 heteroatoms. The summed E-state index contributed by atoms with van der Waals surface area (Å²) in [5.41, 5.74) is 0.885. The number of hydrogen-bond acceptors (Lipinski definition) is 1. The third-order valence-electron chi connectivity index (χ3n) is 3.87. The highest BCUT2D eigenvalue weighted by Crippen LogP contribution is 2.37. The van der Waals surface area contributed by atoms with E-state index in [0.717, 1.165) is 37.7 Å². The van der Waals surface area contributed by atoms with E-state index in [9.17, 15) is 9.18 Å². The third-order valence-corrected chi connectivity index (χ3v) is 3.87. The van der Waals surface area contributed by atoms with Crippen LogP contribution in [-0.4, -0.2) is 12.5 Å². The Kier molecular flexibility index (Phi) is 4.00. The summed E-state index contributed by atoms with van der Waals surface area (Å²) in [7, 11) is 0. The molecule has 0 bridgehead atoms. The molecule has 18 heavy (non-hydrogen) atoms. The predicted octanol–water partition coefficient (Wildman–Crippen LogP) is 3.06. The fourth-order valence-corrected chi connectivity index (χ4v) is 2.57. The van der Waals surface area contributed by atoms with Crippen molar-refractivity contribution in [1.82, 2.24) is 5.32 Å². The Labute approximate surface area is 108 Å². The topological polar surface area (TPSA) is 29.1 Å². The van der Waals surface area contributed by atoms with Gasteiger partial charge in [-0.15, -0.1) is 0 Å². The van der Waals surface area contributed by atoms with Crippen molar-refractivity contribution in [3.8, 4) is 0 Å². The second-order valence-electron chi connectivity index (χ2n) is 5.40. The monoisotopic (exact) mass is 249 g/mol. The summed E-state index contributed by atoms with van der Waals surface area (Å²) < 4.78 is 12.7. The van der Waals surface area contributed by atoms with Crippen molar-refractivity contribution in [3.05, 3.63) is 35.6 Å². The number of hydrogen-bond donors (Lipinski definition) is 1. The van der Waals surface area contributed by atoms with Crippen LogP contribution in [0.1, 0.15) is 38.2 Å². The lowest BCUT2D eigenvalue weighted by molar-refractivity contribution is -0.129. The van der Waals surface area contributed by atoms with Gasteiger partial charge in [0.05, 0.1) is 0 Å². The van der Waals surface area contributed by atoms with Crippen molar-refractivity contribution < 1.29 is 9.18 Å². The zero-order chi connectivity index (χ0) is 13.0. The van der Waals surface area contributed by atoms with Gasteiger partial charge in [-0.1, -0.05) is 31.9 Å². The highest BCUT2D eigenvalue weighted by Gasteiger charge is 2.35. The van der Waals surface area contributed by atoms with Crippen LogP contribution in [0.15, 0.2) is 24.3 Å². The van der Waals surface area contributed by atoms with Crippen LogP contribution >= 0.6 is 0 Å². The van der Waals surface area contributed by atoms with E-state index >= 15 is 0 Å². The summed E-state index contributed by atoms with van der Waals surface area (Å²) in [4.78, 5) is 12.0. The Hall–Kier alpha value is -1.38. The number of halogens is 1. The Bertz CT molecular complexity index is 407. The molecule has 1 fully saturated rings. The molecule has 1 aliphatic carbocycles. The van der Waals surface area contributed by atoms with E-state index in [-0.39, 0.29) is 17.1 Å². The van der Waals surface area contributed by atoms with Crippen LogP contribution in [0.25, 0.3) is 0 Å². The highest BCUT2D eigenvalue weighted by atomic mass is 19.1. The third kappa shape index (κ3) is 3.09. The van der Waals surface area contributed by atoms with Gasteiger partial charge in [0, 0.05) is 12.0 Å². The van der Waals surface area contributed by atoms with Crippen molar-refractivity contribution >= 4 is 5.91 Å². The Morgan fingerprint density at radius 3 is 2.50 bits per heavy atom. The average molecular weight is 249 g/mol. The maximum Gasteiger partial charge on any atom is 0.225 e. The van der Waals surface area contributed by atoms with Gasteiger partial charge in [-0.05, 0) is 37.0 Å². The molecular formula is C15H20FNO. The molecule has 1 saturated carbocycles. The van der Waals surface area contributed by atoms with E-state index in [4.69, 9.17) is 0 Å². The number of benzene rings is 1. The summed E-state index contributed by atoms with van der Waals surface area (Å²) in [6, 6.07) is 6.43. The van der Waals surface area contributed by atoms with E-state index in [1.807, 2.05) is 6.92 Å². The quantitative estimate of drug-likeness (QED) is 0.873. The number of rotatable bonds is 4. The molecule has 0 spiro atoms. The fourth-order valence-electron chi connectivity index (χ4n) is 2.57. The second-order valence-corrected chi connectivity index (χ2v) is 5.40. The van der Waals surface area contributed by atoms with Gasteiger partial charge < -0.3 is 5.32 Å². The maximum absolute atomic E-state index is 12.7. The fraction of sp³-hybridized carbons (Fsp3) is 0.533. The van der Waals surface area contributed by atoms with Gasteiger partial charge in [-0.25, -0.2) is 4.39 Å². The Morgan fingerprint density at radius 1 is 1.28 bits per heavy atom. The Balaban J connectivity index is 1.78. The van der Waals surface area contributed by atoms with Crippen molar-refractivity contribution in [2.45, 2.75) is 39.0 Å². The van der Waals surface area contributed by atoms with Gasteiger partial charge in [-0.2, -0.15) is 0 Å². The summed E-state index contributed by atoms with van der Waals surface area (Å²) in [5, 5.41) is 3.00. The normalized spacial score (nSPS) is 17.7. The molecule has 0 atom stereocenters.